The lowest BCUT2D eigenvalue weighted by molar-refractivity contribution is 0.0924. The predicted octanol–water partition coefficient (Wildman–Crippen LogP) is 3.84. The Balaban J connectivity index is 1.49. The Hall–Kier alpha value is -2.82. The minimum atomic E-state index is -0.182. The highest BCUT2D eigenvalue weighted by Gasteiger charge is 2.14. The molecule has 3 aromatic rings. The summed E-state index contributed by atoms with van der Waals surface area (Å²) >= 11 is 0. The molecule has 2 aromatic heterocycles. The van der Waals surface area contributed by atoms with Gasteiger partial charge in [-0.05, 0) is 44.4 Å². The molecule has 5 nitrogen and oxygen atoms in total. The van der Waals surface area contributed by atoms with E-state index in [1.165, 1.54) is 5.56 Å². The molecule has 0 bridgehead atoms. The van der Waals surface area contributed by atoms with Crippen molar-refractivity contribution in [3.05, 3.63) is 76.6 Å². The van der Waals surface area contributed by atoms with Gasteiger partial charge in [0, 0.05) is 18.5 Å². The van der Waals surface area contributed by atoms with E-state index in [9.17, 15) is 4.79 Å². The zero-order valence-corrected chi connectivity index (χ0v) is 14.5. The molecule has 2 heterocycles. The van der Waals surface area contributed by atoms with Crippen molar-refractivity contribution in [3.8, 4) is 0 Å². The van der Waals surface area contributed by atoms with Crippen LogP contribution in [0.5, 0.6) is 0 Å². The molecule has 5 heteroatoms. The number of nitrogens with one attached hydrogen (secondary N) is 1. The van der Waals surface area contributed by atoms with Crippen molar-refractivity contribution >= 4 is 5.91 Å². The van der Waals surface area contributed by atoms with Gasteiger partial charge in [-0.15, -0.1) is 0 Å². The van der Waals surface area contributed by atoms with E-state index >= 15 is 0 Å². The maximum Gasteiger partial charge on any atom is 0.286 e. The number of carbonyl (C=O) groups excluding carboxylic acids is 1. The lowest BCUT2D eigenvalue weighted by Crippen LogP contribution is -2.24. The van der Waals surface area contributed by atoms with Gasteiger partial charge >= 0.3 is 0 Å². The number of rotatable bonds is 7. The largest absolute Gasteiger partial charge is 0.456 e. The maximum absolute atomic E-state index is 12.2. The lowest BCUT2D eigenvalue weighted by atomic mass is 10.1. The molecule has 0 unspecified atom stereocenters. The summed E-state index contributed by atoms with van der Waals surface area (Å²) < 4.78 is 10.8. The molecule has 25 heavy (non-hydrogen) atoms. The van der Waals surface area contributed by atoms with Crippen molar-refractivity contribution in [2.75, 3.05) is 6.54 Å². The van der Waals surface area contributed by atoms with Crippen LogP contribution in [0, 0.1) is 13.8 Å². The molecule has 0 atom stereocenters. The summed E-state index contributed by atoms with van der Waals surface area (Å²) in [5.41, 5.74) is 3.13. The molecule has 0 radical (unpaired) electrons. The Morgan fingerprint density at radius 2 is 1.92 bits per heavy atom. The molecule has 0 aliphatic heterocycles. The standard InChI is InChI=1S/C20H22N2O3/c1-14-18(15(2)25-22-14)13-17-10-11-19(24-17)20(23)21-12-6-9-16-7-4-3-5-8-16/h3-5,7-8,10-11H,6,9,12-13H2,1-2H3,(H,21,23). The summed E-state index contributed by atoms with van der Waals surface area (Å²) in [5.74, 6) is 1.66. The third-order valence-electron chi connectivity index (χ3n) is 4.19. The zero-order chi connectivity index (χ0) is 17.6. The number of hydrogen-bond donors (Lipinski definition) is 1. The number of carbonyl (C=O) groups is 1. The summed E-state index contributed by atoms with van der Waals surface area (Å²) in [5, 5.41) is 6.83. The molecule has 0 saturated carbocycles. The SMILES string of the molecule is Cc1noc(C)c1Cc1ccc(C(=O)NCCCc2ccccc2)o1. The predicted molar refractivity (Wildman–Crippen MR) is 94.6 cm³/mol. The molecule has 0 fully saturated rings. The highest BCUT2D eigenvalue weighted by atomic mass is 16.5. The molecule has 0 aliphatic rings. The van der Waals surface area contributed by atoms with Crippen LogP contribution in [-0.4, -0.2) is 17.6 Å². The van der Waals surface area contributed by atoms with Crippen LogP contribution in [0.4, 0.5) is 0 Å². The normalized spacial score (nSPS) is 10.8. The van der Waals surface area contributed by atoms with Gasteiger partial charge in [-0.3, -0.25) is 4.79 Å². The quantitative estimate of drug-likeness (QED) is 0.665. The Morgan fingerprint density at radius 3 is 2.64 bits per heavy atom. The monoisotopic (exact) mass is 338 g/mol. The first kappa shape index (κ1) is 17.0. The zero-order valence-electron chi connectivity index (χ0n) is 14.5. The van der Waals surface area contributed by atoms with E-state index in [1.807, 2.05) is 38.1 Å². The van der Waals surface area contributed by atoms with Crippen molar-refractivity contribution in [2.24, 2.45) is 0 Å². The molecular formula is C20H22N2O3. The number of nitrogens with zero attached hydrogens (tertiary/aromatic N) is 1. The fourth-order valence-electron chi connectivity index (χ4n) is 2.75. The Bertz CT molecular complexity index is 814. The van der Waals surface area contributed by atoms with Crippen LogP contribution < -0.4 is 5.32 Å². The van der Waals surface area contributed by atoms with E-state index in [1.54, 1.807) is 6.07 Å². The highest BCUT2D eigenvalue weighted by molar-refractivity contribution is 5.91. The smallest absolute Gasteiger partial charge is 0.286 e. The van der Waals surface area contributed by atoms with Gasteiger partial charge in [-0.1, -0.05) is 35.5 Å². The van der Waals surface area contributed by atoms with Gasteiger partial charge in [0.25, 0.3) is 5.91 Å². The van der Waals surface area contributed by atoms with Crippen molar-refractivity contribution in [3.63, 3.8) is 0 Å². The molecule has 0 saturated heterocycles. The van der Waals surface area contributed by atoms with Crippen molar-refractivity contribution in [1.82, 2.24) is 10.5 Å². The van der Waals surface area contributed by atoms with Gasteiger partial charge in [0.05, 0.1) is 5.69 Å². The molecule has 1 amide bonds. The lowest BCUT2D eigenvalue weighted by Gasteiger charge is -2.03. The average Bonchev–Trinajstić information content (AvgIpc) is 3.22. The van der Waals surface area contributed by atoms with E-state index in [4.69, 9.17) is 8.94 Å². The van der Waals surface area contributed by atoms with Crippen molar-refractivity contribution in [1.29, 1.82) is 0 Å². The first-order chi connectivity index (χ1) is 12.1. The van der Waals surface area contributed by atoms with Gasteiger partial charge in [-0.25, -0.2) is 0 Å². The van der Waals surface area contributed by atoms with Crippen LogP contribution in [0.2, 0.25) is 0 Å². The number of benzene rings is 1. The molecule has 0 spiro atoms. The fraction of sp³-hybridized carbons (Fsp3) is 0.300. The van der Waals surface area contributed by atoms with Crippen LogP contribution >= 0.6 is 0 Å². The summed E-state index contributed by atoms with van der Waals surface area (Å²) in [6, 6.07) is 13.8. The van der Waals surface area contributed by atoms with Gasteiger partial charge in [0.15, 0.2) is 5.76 Å². The van der Waals surface area contributed by atoms with Gasteiger partial charge in [0.2, 0.25) is 0 Å². The molecule has 0 aliphatic carbocycles. The third kappa shape index (κ3) is 4.38. The second kappa shape index (κ2) is 7.83. The van der Waals surface area contributed by atoms with Crippen molar-refractivity contribution in [2.45, 2.75) is 33.1 Å². The molecule has 3 rings (SSSR count). The third-order valence-corrected chi connectivity index (χ3v) is 4.19. The first-order valence-corrected chi connectivity index (χ1v) is 8.46. The number of aromatic nitrogens is 1. The second-order valence-electron chi connectivity index (χ2n) is 6.09. The van der Waals surface area contributed by atoms with Gasteiger partial charge in [-0.2, -0.15) is 0 Å². The van der Waals surface area contributed by atoms with Crippen LogP contribution in [0.15, 0.2) is 51.4 Å². The van der Waals surface area contributed by atoms with E-state index < -0.39 is 0 Å². The van der Waals surface area contributed by atoms with E-state index in [-0.39, 0.29) is 5.91 Å². The van der Waals surface area contributed by atoms with Gasteiger partial charge < -0.3 is 14.3 Å². The fourth-order valence-corrected chi connectivity index (χ4v) is 2.75. The molecule has 1 N–H and O–H groups in total. The molecular weight excluding hydrogens is 316 g/mol. The number of hydrogen-bond acceptors (Lipinski definition) is 4. The molecule has 1 aromatic carbocycles. The number of furan rings is 1. The van der Waals surface area contributed by atoms with E-state index in [0.29, 0.717) is 18.7 Å². The van der Waals surface area contributed by atoms with E-state index in [2.05, 4.69) is 22.6 Å². The Kier molecular flexibility index (Phi) is 5.33. The average molecular weight is 338 g/mol. The second-order valence-corrected chi connectivity index (χ2v) is 6.09. The van der Waals surface area contributed by atoms with Crippen LogP contribution in [0.25, 0.3) is 0 Å². The van der Waals surface area contributed by atoms with Crippen molar-refractivity contribution < 1.29 is 13.7 Å². The number of aryl methyl sites for hydroxylation is 3. The van der Waals surface area contributed by atoms with Crippen LogP contribution in [0.1, 0.15) is 45.3 Å². The minimum Gasteiger partial charge on any atom is -0.456 e. The summed E-state index contributed by atoms with van der Waals surface area (Å²) in [6.45, 7) is 4.39. The Labute approximate surface area is 147 Å². The van der Waals surface area contributed by atoms with Crippen LogP contribution in [0.3, 0.4) is 0 Å². The number of amides is 1. The van der Waals surface area contributed by atoms with Crippen LogP contribution in [-0.2, 0) is 12.8 Å². The maximum atomic E-state index is 12.2. The summed E-state index contributed by atoms with van der Waals surface area (Å²) in [6.07, 6.45) is 2.40. The minimum absolute atomic E-state index is 0.182. The molecule has 130 valence electrons. The van der Waals surface area contributed by atoms with Gasteiger partial charge in [0.1, 0.15) is 11.5 Å². The highest BCUT2D eigenvalue weighted by Crippen LogP contribution is 2.19. The van der Waals surface area contributed by atoms with E-state index in [0.717, 1.165) is 35.6 Å². The summed E-state index contributed by atoms with van der Waals surface area (Å²) in [7, 11) is 0. The Morgan fingerprint density at radius 1 is 1.12 bits per heavy atom. The summed E-state index contributed by atoms with van der Waals surface area (Å²) in [4.78, 5) is 12.2. The first-order valence-electron chi connectivity index (χ1n) is 8.46. The topological polar surface area (TPSA) is 68.3 Å².